The van der Waals surface area contributed by atoms with Crippen molar-refractivity contribution in [1.82, 2.24) is 10.2 Å². The van der Waals surface area contributed by atoms with Crippen molar-refractivity contribution in [3.05, 3.63) is 0 Å². The van der Waals surface area contributed by atoms with Gasteiger partial charge < -0.3 is 10.2 Å². The monoisotopic (exact) mass is 268 g/mol. The molecule has 2 nitrogen and oxygen atoms in total. The first-order valence-corrected chi connectivity index (χ1v) is 8.68. The van der Waals surface area contributed by atoms with Gasteiger partial charge in [0.15, 0.2) is 0 Å². The van der Waals surface area contributed by atoms with Gasteiger partial charge in [-0.3, -0.25) is 0 Å². The highest BCUT2D eigenvalue weighted by Crippen LogP contribution is 2.19. The molecule has 0 amide bonds. The van der Waals surface area contributed by atoms with Crippen molar-refractivity contribution >= 4 is 0 Å². The molecule has 1 atom stereocenters. The van der Waals surface area contributed by atoms with Crippen LogP contribution in [0.3, 0.4) is 0 Å². The topological polar surface area (TPSA) is 15.3 Å². The highest BCUT2D eigenvalue weighted by atomic mass is 15.1. The quantitative estimate of drug-likeness (QED) is 0.635. The molecule has 0 aromatic heterocycles. The smallest absolute Gasteiger partial charge is 0.00926 e. The first-order chi connectivity index (χ1) is 9.24. The Bertz CT molecular complexity index is 203. The van der Waals surface area contributed by atoms with E-state index in [4.69, 9.17) is 0 Å². The van der Waals surface area contributed by atoms with Gasteiger partial charge in [-0.05, 0) is 64.2 Å². The lowest BCUT2D eigenvalue weighted by Gasteiger charge is -2.29. The van der Waals surface area contributed by atoms with Crippen LogP contribution in [-0.4, -0.2) is 37.1 Å². The van der Waals surface area contributed by atoms with Gasteiger partial charge in [0.05, 0.1) is 0 Å². The van der Waals surface area contributed by atoms with Gasteiger partial charge in [-0.2, -0.15) is 0 Å². The molecule has 1 unspecified atom stereocenters. The van der Waals surface area contributed by atoms with E-state index in [0.717, 1.165) is 12.0 Å². The Morgan fingerprint density at radius 1 is 1.11 bits per heavy atom. The molecule has 19 heavy (non-hydrogen) atoms. The molecule has 1 heterocycles. The number of nitrogens with zero attached hydrogens (tertiary/aromatic N) is 1. The van der Waals surface area contributed by atoms with Crippen LogP contribution < -0.4 is 5.32 Å². The van der Waals surface area contributed by atoms with Crippen LogP contribution >= 0.6 is 0 Å². The minimum Gasteiger partial charge on any atom is -0.316 e. The Balaban J connectivity index is 2.03. The van der Waals surface area contributed by atoms with Crippen LogP contribution in [0.25, 0.3) is 0 Å². The molecule has 0 aromatic carbocycles. The van der Waals surface area contributed by atoms with Crippen molar-refractivity contribution in [2.75, 3.05) is 26.2 Å². The summed E-state index contributed by atoms with van der Waals surface area (Å²) in [5.74, 6) is 0.780. The van der Waals surface area contributed by atoms with Crippen molar-refractivity contribution < 1.29 is 0 Å². The van der Waals surface area contributed by atoms with Gasteiger partial charge in [0.1, 0.15) is 0 Å². The summed E-state index contributed by atoms with van der Waals surface area (Å²) >= 11 is 0. The maximum absolute atomic E-state index is 3.54. The lowest BCUT2D eigenvalue weighted by Crippen LogP contribution is -2.35. The predicted octanol–water partition coefficient (Wildman–Crippen LogP) is 4.06. The molecule has 1 rings (SSSR count). The Morgan fingerprint density at radius 2 is 1.95 bits per heavy atom. The number of hydrogen-bond acceptors (Lipinski definition) is 2. The molecule has 0 aliphatic carbocycles. The molecule has 0 radical (unpaired) electrons. The van der Waals surface area contributed by atoms with Crippen LogP contribution in [0.15, 0.2) is 0 Å². The van der Waals surface area contributed by atoms with Gasteiger partial charge in [-0.1, -0.05) is 40.0 Å². The summed E-state index contributed by atoms with van der Waals surface area (Å²) in [7, 11) is 0. The molecule has 0 bridgehead atoms. The standard InChI is InChI=1S/C17H36N2/c1-4-17-11-7-5-9-13-19(17)14-10-6-8-12-18-15-16(2)3/h16-18H,4-15H2,1-3H3. The molecule has 1 aliphatic rings. The van der Waals surface area contributed by atoms with Gasteiger partial charge in [0, 0.05) is 6.04 Å². The summed E-state index contributed by atoms with van der Waals surface area (Å²) in [5, 5.41) is 3.54. The molecular formula is C17H36N2. The predicted molar refractivity (Wildman–Crippen MR) is 85.7 cm³/mol. The van der Waals surface area contributed by atoms with Crippen molar-refractivity contribution in [2.24, 2.45) is 5.92 Å². The highest BCUT2D eigenvalue weighted by molar-refractivity contribution is 4.74. The van der Waals surface area contributed by atoms with Gasteiger partial charge in [0.25, 0.3) is 0 Å². The van der Waals surface area contributed by atoms with Crippen molar-refractivity contribution in [3.8, 4) is 0 Å². The van der Waals surface area contributed by atoms with E-state index in [1.165, 1.54) is 77.5 Å². The molecule has 1 saturated heterocycles. The number of unbranched alkanes of at least 4 members (excludes halogenated alkanes) is 2. The van der Waals surface area contributed by atoms with E-state index < -0.39 is 0 Å². The van der Waals surface area contributed by atoms with E-state index in [1.54, 1.807) is 0 Å². The third kappa shape index (κ3) is 7.94. The lowest BCUT2D eigenvalue weighted by atomic mass is 10.1. The van der Waals surface area contributed by atoms with E-state index in [2.05, 4.69) is 31.0 Å². The summed E-state index contributed by atoms with van der Waals surface area (Å²) in [6.45, 7) is 12.0. The maximum atomic E-state index is 3.54. The maximum Gasteiger partial charge on any atom is 0.00926 e. The molecule has 1 N–H and O–H groups in total. The van der Waals surface area contributed by atoms with Crippen LogP contribution in [0.2, 0.25) is 0 Å². The van der Waals surface area contributed by atoms with Gasteiger partial charge in [-0.25, -0.2) is 0 Å². The summed E-state index contributed by atoms with van der Waals surface area (Å²) in [4.78, 5) is 2.77. The van der Waals surface area contributed by atoms with Crippen molar-refractivity contribution in [1.29, 1.82) is 0 Å². The second kappa shape index (κ2) is 10.7. The molecule has 2 heteroatoms. The van der Waals surface area contributed by atoms with Crippen LogP contribution in [0.1, 0.15) is 72.1 Å². The van der Waals surface area contributed by atoms with E-state index in [-0.39, 0.29) is 0 Å². The zero-order valence-corrected chi connectivity index (χ0v) is 13.6. The number of rotatable bonds is 9. The molecule has 0 spiro atoms. The number of nitrogens with one attached hydrogen (secondary N) is 1. The summed E-state index contributed by atoms with van der Waals surface area (Å²) in [6, 6.07) is 0.876. The summed E-state index contributed by atoms with van der Waals surface area (Å²) in [5.41, 5.74) is 0. The second-order valence-electron chi connectivity index (χ2n) is 6.61. The number of hydrogen-bond donors (Lipinski definition) is 1. The van der Waals surface area contributed by atoms with Crippen LogP contribution in [0, 0.1) is 5.92 Å². The first kappa shape index (κ1) is 17.0. The molecule has 0 aromatic rings. The zero-order valence-electron chi connectivity index (χ0n) is 13.6. The fourth-order valence-corrected chi connectivity index (χ4v) is 3.13. The first-order valence-electron chi connectivity index (χ1n) is 8.68. The molecule has 0 saturated carbocycles. The molecule has 114 valence electrons. The van der Waals surface area contributed by atoms with Crippen LogP contribution in [0.5, 0.6) is 0 Å². The largest absolute Gasteiger partial charge is 0.316 e. The SMILES string of the molecule is CCC1CCCCCN1CCCCCNCC(C)C. The van der Waals surface area contributed by atoms with E-state index >= 15 is 0 Å². The normalized spacial score (nSPS) is 21.8. The third-order valence-electron chi connectivity index (χ3n) is 4.32. The fourth-order valence-electron chi connectivity index (χ4n) is 3.13. The Kier molecular flexibility index (Phi) is 9.54. The van der Waals surface area contributed by atoms with Crippen molar-refractivity contribution in [2.45, 2.75) is 78.2 Å². The Morgan fingerprint density at radius 3 is 2.68 bits per heavy atom. The number of likely N-dealkylation sites (tertiary alicyclic amines) is 1. The van der Waals surface area contributed by atoms with Crippen LogP contribution in [0.4, 0.5) is 0 Å². The molecule has 1 aliphatic heterocycles. The lowest BCUT2D eigenvalue weighted by molar-refractivity contribution is 0.190. The van der Waals surface area contributed by atoms with Gasteiger partial charge >= 0.3 is 0 Å². The van der Waals surface area contributed by atoms with Crippen LogP contribution in [-0.2, 0) is 0 Å². The summed E-state index contributed by atoms with van der Waals surface area (Å²) < 4.78 is 0. The van der Waals surface area contributed by atoms with Gasteiger partial charge in [-0.15, -0.1) is 0 Å². The molecular weight excluding hydrogens is 232 g/mol. The highest BCUT2D eigenvalue weighted by Gasteiger charge is 2.18. The van der Waals surface area contributed by atoms with Crippen molar-refractivity contribution in [3.63, 3.8) is 0 Å². The average molecular weight is 268 g/mol. The minimum absolute atomic E-state index is 0.780. The Hall–Kier alpha value is -0.0800. The summed E-state index contributed by atoms with van der Waals surface area (Å²) in [6.07, 6.45) is 11.2. The van der Waals surface area contributed by atoms with E-state index in [0.29, 0.717) is 0 Å². The fraction of sp³-hybridized carbons (Fsp3) is 1.00. The molecule has 1 fully saturated rings. The van der Waals surface area contributed by atoms with E-state index in [1.807, 2.05) is 0 Å². The van der Waals surface area contributed by atoms with E-state index in [9.17, 15) is 0 Å². The third-order valence-corrected chi connectivity index (χ3v) is 4.32. The van der Waals surface area contributed by atoms with Gasteiger partial charge in [0.2, 0.25) is 0 Å². The minimum atomic E-state index is 0.780. The second-order valence-corrected chi connectivity index (χ2v) is 6.61. The zero-order chi connectivity index (χ0) is 13.9. The average Bonchev–Trinajstić information content (AvgIpc) is 2.62. The Labute approximate surface area is 121 Å².